The van der Waals surface area contributed by atoms with Crippen LogP contribution in [0.4, 0.5) is 4.79 Å². The number of alkyl carbamates (subject to hydrolysis) is 1. The number of ether oxygens (including phenoxy) is 1. The van der Waals surface area contributed by atoms with Crippen molar-refractivity contribution in [3.63, 3.8) is 0 Å². The minimum atomic E-state index is -0.389. The Hall–Kier alpha value is -0.770. The minimum Gasteiger partial charge on any atom is -0.444 e. The van der Waals surface area contributed by atoms with E-state index in [-0.39, 0.29) is 11.7 Å². The van der Waals surface area contributed by atoms with Crippen LogP contribution in [0.3, 0.4) is 0 Å². The lowest BCUT2D eigenvalue weighted by atomic mass is 10.2. The van der Waals surface area contributed by atoms with E-state index in [1.807, 2.05) is 34.6 Å². The van der Waals surface area contributed by atoms with Crippen LogP contribution in [0.15, 0.2) is 0 Å². The van der Waals surface area contributed by atoms with Gasteiger partial charge in [0.2, 0.25) is 0 Å². The number of carbonyl (C=O) groups is 1. The normalized spacial score (nSPS) is 9.33. The van der Waals surface area contributed by atoms with Crippen LogP contribution in [0.2, 0.25) is 0 Å². The predicted molar refractivity (Wildman–Crippen MR) is 80.1 cm³/mol. The van der Waals surface area contributed by atoms with Crippen molar-refractivity contribution in [1.82, 2.24) is 10.6 Å². The molecule has 1 amide bonds. The zero-order chi connectivity index (χ0) is 15.0. The Morgan fingerprint density at radius 3 is 1.89 bits per heavy atom. The van der Waals surface area contributed by atoms with Crippen molar-refractivity contribution in [1.29, 1.82) is 0 Å². The molecule has 0 aliphatic carbocycles. The molecule has 4 nitrogen and oxygen atoms in total. The Balaban J connectivity index is -0.000000225. The Morgan fingerprint density at radius 2 is 1.67 bits per heavy atom. The Morgan fingerprint density at radius 1 is 1.17 bits per heavy atom. The third kappa shape index (κ3) is 29.5. The first-order chi connectivity index (χ1) is 8.37. The number of hydrogen-bond acceptors (Lipinski definition) is 3. The van der Waals surface area contributed by atoms with Gasteiger partial charge in [-0.15, -0.1) is 0 Å². The lowest BCUT2D eigenvalue weighted by molar-refractivity contribution is 0.0541. The van der Waals surface area contributed by atoms with Gasteiger partial charge in [0.05, 0.1) is 0 Å². The molecule has 0 unspecified atom stereocenters. The Bertz CT molecular complexity index is 162. The molecule has 0 rings (SSSR count). The lowest BCUT2D eigenvalue weighted by Gasteiger charge is -2.18. The molecule has 0 aromatic heterocycles. The maximum absolute atomic E-state index is 10.5. The van der Waals surface area contributed by atoms with Crippen LogP contribution < -0.4 is 10.6 Å². The first kappa shape index (κ1) is 22.4. The highest BCUT2D eigenvalue weighted by Crippen LogP contribution is 2.05. The van der Waals surface area contributed by atoms with E-state index in [4.69, 9.17) is 4.74 Å². The number of rotatable bonds is 4. The quantitative estimate of drug-likeness (QED) is 0.762. The summed E-state index contributed by atoms with van der Waals surface area (Å²) in [6, 6.07) is 0. The molecule has 0 spiro atoms. The summed E-state index contributed by atoms with van der Waals surface area (Å²) in [4.78, 5) is 10.5. The SMILES string of the molecule is CC.CCCCNCC.CNC(=O)OC(C)(C)C. The van der Waals surface area contributed by atoms with Gasteiger partial charge in [-0.05, 0) is 40.3 Å². The fourth-order valence-corrected chi connectivity index (χ4v) is 0.808. The third-order valence-electron chi connectivity index (χ3n) is 1.56. The minimum absolute atomic E-state index is 0.387. The van der Waals surface area contributed by atoms with Crippen LogP contribution in [0.1, 0.15) is 61.3 Å². The van der Waals surface area contributed by atoms with Crippen LogP contribution in [0, 0.1) is 0 Å². The number of hydrogen-bond donors (Lipinski definition) is 2. The van der Waals surface area contributed by atoms with Crippen LogP contribution in [0.5, 0.6) is 0 Å². The molecule has 18 heavy (non-hydrogen) atoms. The number of nitrogens with one attached hydrogen (secondary N) is 2. The Kier molecular flexibility index (Phi) is 20.2. The molecule has 0 heterocycles. The van der Waals surface area contributed by atoms with Crippen molar-refractivity contribution in [3.8, 4) is 0 Å². The van der Waals surface area contributed by atoms with Crippen LogP contribution >= 0.6 is 0 Å². The van der Waals surface area contributed by atoms with Crippen molar-refractivity contribution >= 4 is 6.09 Å². The molecule has 0 bridgehead atoms. The van der Waals surface area contributed by atoms with E-state index >= 15 is 0 Å². The standard InChI is InChI=1S/C6H13NO2.C6H15N.C2H6/c1-6(2,3)9-5(8)7-4;1-3-5-6-7-4-2;1-2/h1-4H3,(H,7,8);7H,3-6H2,1-2H3;1-2H3. The lowest BCUT2D eigenvalue weighted by Crippen LogP contribution is -2.30. The molecule has 0 fully saturated rings. The molecular weight excluding hydrogens is 228 g/mol. The van der Waals surface area contributed by atoms with E-state index in [9.17, 15) is 4.79 Å². The molecular formula is C14H34N2O2. The monoisotopic (exact) mass is 262 g/mol. The van der Waals surface area contributed by atoms with Crippen LogP contribution in [0.25, 0.3) is 0 Å². The number of amides is 1. The van der Waals surface area contributed by atoms with E-state index in [0.717, 1.165) is 6.54 Å². The van der Waals surface area contributed by atoms with Gasteiger partial charge in [-0.1, -0.05) is 34.1 Å². The summed E-state index contributed by atoms with van der Waals surface area (Å²) in [6.07, 6.45) is 2.23. The highest BCUT2D eigenvalue weighted by Gasteiger charge is 2.13. The number of unbranched alkanes of at least 4 members (excludes halogenated alkanes) is 1. The van der Waals surface area contributed by atoms with Gasteiger partial charge in [-0.2, -0.15) is 0 Å². The maximum Gasteiger partial charge on any atom is 0.407 e. The smallest absolute Gasteiger partial charge is 0.407 e. The zero-order valence-electron chi connectivity index (χ0n) is 13.6. The van der Waals surface area contributed by atoms with Crippen LogP contribution in [-0.2, 0) is 4.74 Å². The summed E-state index contributed by atoms with van der Waals surface area (Å²) in [7, 11) is 1.54. The average molecular weight is 262 g/mol. The summed E-state index contributed by atoms with van der Waals surface area (Å²) in [6.45, 7) is 16.1. The van der Waals surface area contributed by atoms with Gasteiger partial charge in [0.1, 0.15) is 5.60 Å². The molecule has 0 aliphatic rings. The van der Waals surface area contributed by atoms with Crippen molar-refractivity contribution in [3.05, 3.63) is 0 Å². The molecule has 112 valence electrons. The summed E-state index contributed by atoms with van der Waals surface area (Å²) in [5.74, 6) is 0. The highest BCUT2D eigenvalue weighted by molar-refractivity contribution is 5.67. The average Bonchev–Trinajstić information content (AvgIpc) is 2.31. The molecule has 4 heteroatoms. The second-order valence-corrected chi connectivity index (χ2v) is 4.46. The summed E-state index contributed by atoms with van der Waals surface area (Å²) < 4.78 is 4.84. The molecule has 0 aromatic rings. The van der Waals surface area contributed by atoms with E-state index in [0.29, 0.717) is 0 Å². The highest BCUT2D eigenvalue weighted by atomic mass is 16.6. The first-order valence-corrected chi connectivity index (χ1v) is 6.98. The van der Waals surface area contributed by atoms with E-state index in [1.54, 1.807) is 0 Å². The maximum atomic E-state index is 10.5. The van der Waals surface area contributed by atoms with Crippen molar-refractivity contribution < 1.29 is 9.53 Å². The van der Waals surface area contributed by atoms with Gasteiger partial charge in [-0.3, -0.25) is 0 Å². The topological polar surface area (TPSA) is 50.4 Å². The largest absolute Gasteiger partial charge is 0.444 e. The fraction of sp³-hybridized carbons (Fsp3) is 0.929. The zero-order valence-corrected chi connectivity index (χ0v) is 13.6. The molecule has 0 saturated carbocycles. The van der Waals surface area contributed by atoms with E-state index in [1.165, 1.54) is 26.4 Å². The predicted octanol–water partition coefficient (Wildman–Crippen LogP) is 3.56. The van der Waals surface area contributed by atoms with Gasteiger partial charge >= 0.3 is 6.09 Å². The molecule has 0 atom stereocenters. The third-order valence-corrected chi connectivity index (χ3v) is 1.56. The van der Waals surface area contributed by atoms with Crippen LogP contribution in [-0.4, -0.2) is 31.8 Å². The van der Waals surface area contributed by atoms with Crippen molar-refractivity contribution in [2.45, 2.75) is 66.9 Å². The van der Waals surface area contributed by atoms with Gasteiger partial charge in [0.15, 0.2) is 0 Å². The fourth-order valence-electron chi connectivity index (χ4n) is 0.808. The van der Waals surface area contributed by atoms with E-state index < -0.39 is 0 Å². The molecule has 0 aliphatic heterocycles. The number of carbonyl (C=O) groups excluding carboxylic acids is 1. The molecule has 2 N–H and O–H groups in total. The van der Waals surface area contributed by atoms with Crippen molar-refractivity contribution in [2.75, 3.05) is 20.1 Å². The summed E-state index contributed by atoms with van der Waals surface area (Å²) >= 11 is 0. The molecule has 0 radical (unpaired) electrons. The molecule has 0 aromatic carbocycles. The van der Waals surface area contributed by atoms with Gasteiger partial charge < -0.3 is 15.4 Å². The first-order valence-electron chi connectivity index (χ1n) is 6.98. The second-order valence-electron chi connectivity index (χ2n) is 4.46. The Labute approximate surface area is 114 Å². The summed E-state index contributed by atoms with van der Waals surface area (Å²) in [5.41, 5.74) is -0.389. The second kappa shape index (κ2) is 16.2. The van der Waals surface area contributed by atoms with Gasteiger partial charge in [-0.25, -0.2) is 4.79 Å². The summed E-state index contributed by atoms with van der Waals surface area (Å²) in [5, 5.41) is 5.61. The van der Waals surface area contributed by atoms with Gasteiger partial charge in [0.25, 0.3) is 0 Å². The van der Waals surface area contributed by atoms with Gasteiger partial charge in [0, 0.05) is 7.05 Å². The van der Waals surface area contributed by atoms with Crippen molar-refractivity contribution in [2.24, 2.45) is 0 Å². The molecule has 0 saturated heterocycles. The van der Waals surface area contributed by atoms with E-state index in [2.05, 4.69) is 24.5 Å².